The second-order valence-corrected chi connectivity index (χ2v) is 5.51. The highest BCUT2D eigenvalue weighted by molar-refractivity contribution is 6.33. The van der Waals surface area contributed by atoms with Crippen LogP contribution >= 0.6 is 11.6 Å². The van der Waals surface area contributed by atoms with E-state index < -0.39 is 4.92 Å². The van der Waals surface area contributed by atoms with Gasteiger partial charge in [-0.2, -0.15) is 0 Å². The number of nitro benzene ring substituents is 1. The van der Waals surface area contributed by atoms with Gasteiger partial charge in [-0.05, 0) is 37.3 Å². The van der Waals surface area contributed by atoms with Crippen molar-refractivity contribution in [3.63, 3.8) is 0 Å². The van der Waals surface area contributed by atoms with Gasteiger partial charge in [-0.15, -0.1) is 0 Å². The van der Waals surface area contributed by atoms with Crippen molar-refractivity contribution in [2.24, 2.45) is 5.92 Å². The number of nitrogens with zero attached hydrogens (tertiary/aromatic N) is 1. The topological polar surface area (TPSA) is 64.4 Å². The molecule has 2 fully saturated rings. The van der Waals surface area contributed by atoms with Gasteiger partial charge in [-0.3, -0.25) is 10.1 Å². The lowest BCUT2D eigenvalue weighted by atomic mass is 10.1. The Morgan fingerprint density at radius 3 is 2.84 bits per heavy atom. The van der Waals surface area contributed by atoms with Crippen LogP contribution in [0.1, 0.15) is 19.3 Å². The van der Waals surface area contributed by atoms with E-state index in [9.17, 15) is 10.1 Å². The number of halogens is 1. The van der Waals surface area contributed by atoms with Crippen molar-refractivity contribution in [1.29, 1.82) is 0 Å². The van der Waals surface area contributed by atoms with E-state index in [0.717, 1.165) is 6.42 Å². The van der Waals surface area contributed by atoms with Gasteiger partial charge >= 0.3 is 5.69 Å². The average molecular weight is 283 g/mol. The van der Waals surface area contributed by atoms with Crippen LogP contribution in [-0.4, -0.2) is 23.7 Å². The molecule has 1 aromatic rings. The normalized spacial score (nSPS) is 26.4. The molecule has 0 bridgehead atoms. The Hall–Kier alpha value is -1.33. The second kappa shape index (κ2) is 4.98. The Labute approximate surface area is 116 Å². The molecule has 1 N–H and O–H groups in total. The van der Waals surface area contributed by atoms with Crippen molar-refractivity contribution in [1.82, 2.24) is 0 Å². The molecule has 1 aromatic carbocycles. The van der Waals surface area contributed by atoms with Gasteiger partial charge in [0, 0.05) is 6.61 Å². The van der Waals surface area contributed by atoms with Crippen LogP contribution in [0.15, 0.2) is 18.2 Å². The van der Waals surface area contributed by atoms with Crippen molar-refractivity contribution in [3.05, 3.63) is 33.3 Å². The van der Waals surface area contributed by atoms with Gasteiger partial charge in [-0.25, -0.2) is 0 Å². The molecule has 19 heavy (non-hydrogen) atoms. The van der Waals surface area contributed by atoms with E-state index in [2.05, 4.69) is 5.32 Å². The van der Waals surface area contributed by atoms with Crippen molar-refractivity contribution in [3.8, 4) is 0 Å². The Morgan fingerprint density at radius 2 is 2.16 bits per heavy atom. The van der Waals surface area contributed by atoms with E-state index in [-0.39, 0.29) is 22.9 Å². The third-order valence-electron chi connectivity index (χ3n) is 3.73. The maximum absolute atomic E-state index is 11.1. The third kappa shape index (κ3) is 2.53. The smallest absolute Gasteiger partial charge is 0.310 e. The molecule has 3 rings (SSSR count). The summed E-state index contributed by atoms with van der Waals surface area (Å²) in [6.07, 6.45) is 3.45. The van der Waals surface area contributed by atoms with Gasteiger partial charge in [0.05, 0.1) is 17.1 Å². The van der Waals surface area contributed by atoms with Crippen LogP contribution in [-0.2, 0) is 4.74 Å². The summed E-state index contributed by atoms with van der Waals surface area (Å²) >= 11 is 5.91. The fourth-order valence-electron chi connectivity index (χ4n) is 2.67. The first-order valence-electron chi connectivity index (χ1n) is 6.48. The van der Waals surface area contributed by atoms with Crippen molar-refractivity contribution < 1.29 is 9.66 Å². The monoisotopic (exact) mass is 282 g/mol. The number of nitro groups is 1. The van der Waals surface area contributed by atoms with Crippen LogP contribution in [0, 0.1) is 16.0 Å². The van der Waals surface area contributed by atoms with Crippen LogP contribution in [0.25, 0.3) is 0 Å². The first-order chi connectivity index (χ1) is 9.16. The van der Waals surface area contributed by atoms with Crippen molar-refractivity contribution in [2.45, 2.75) is 31.4 Å². The zero-order valence-electron chi connectivity index (χ0n) is 10.3. The molecule has 2 atom stereocenters. The average Bonchev–Trinajstić information content (AvgIpc) is 3.10. The molecule has 0 amide bonds. The van der Waals surface area contributed by atoms with Gasteiger partial charge in [-0.1, -0.05) is 17.7 Å². The molecule has 2 aliphatic rings. The maximum Gasteiger partial charge on any atom is 0.310 e. The third-order valence-corrected chi connectivity index (χ3v) is 4.04. The van der Waals surface area contributed by atoms with E-state index in [4.69, 9.17) is 16.3 Å². The zero-order chi connectivity index (χ0) is 13.4. The van der Waals surface area contributed by atoms with E-state index in [1.165, 1.54) is 18.9 Å². The molecule has 1 aliphatic carbocycles. The predicted octanol–water partition coefficient (Wildman–Crippen LogP) is 3.23. The number of anilines is 1. The molecule has 0 spiro atoms. The number of nitrogens with one attached hydrogen (secondary N) is 1. The molecular formula is C13H15ClN2O3. The number of rotatable bonds is 4. The summed E-state index contributed by atoms with van der Waals surface area (Å²) in [5, 5.41) is 14.5. The Kier molecular flexibility index (Phi) is 3.33. The van der Waals surface area contributed by atoms with E-state index in [0.29, 0.717) is 18.2 Å². The summed E-state index contributed by atoms with van der Waals surface area (Å²) < 4.78 is 5.73. The molecule has 0 radical (unpaired) electrons. The Balaban J connectivity index is 1.82. The van der Waals surface area contributed by atoms with Crippen LogP contribution in [0.5, 0.6) is 0 Å². The minimum Gasteiger partial charge on any atom is -0.376 e. The number of ether oxygens (including phenoxy) is 1. The number of hydrogen-bond donors (Lipinski definition) is 1. The summed E-state index contributed by atoms with van der Waals surface area (Å²) in [4.78, 5) is 10.7. The summed E-state index contributed by atoms with van der Waals surface area (Å²) in [6.45, 7) is 0.715. The fraction of sp³-hybridized carbons (Fsp3) is 0.538. The first kappa shape index (κ1) is 12.7. The van der Waals surface area contributed by atoms with Crippen molar-refractivity contribution in [2.75, 3.05) is 11.9 Å². The highest BCUT2D eigenvalue weighted by Crippen LogP contribution is 2.41. The minimum atomic E-state index is -0.438. The summed E-state index contributed by atoms with van der Waals surface area (Å²) in [6, 6.07) is 5.10. The number of hydrogen-bond acceptors (Lipinski definition) is 4. The largest absolute Gasteiger partial charge is 0.376 e. The van der Waals surface area contributed by atoms with Gasteiger partial charge in [0.2, 0.25) is 0 Å². The summed E-state index contributed by atoms with van der Waals surface area (Å²) in [5.41, 5.74) is 0.435. The Bertz CT molecular complexity index is 505. The van der Waals surface area contributed by atoms with Crippen LogP contribution < -0.4 is 5.32 Å². The van der Waals surface area contributed by atoms with Crippen LogP contribution in [0.3, 0.4) is 0 Å². The van der Waals surface area contributed by atoms with Gasteiger partial charge < -0.3 is 10.1 Å². The first-order valence-corrected chi connectivity index (χ1v) is 6.85. The zero-order valence-corrected chi connectivity index (χ0v) is 11.1. The molecule has 0 aromatic heterocycles. The minimum absolute atomic E-state index is 0.0504. The van der Waals surface area contributed by atoms with Crippen molar-refractivity contribution >= 4 is 23.0 Å². The van der Waals surface area contributed by atoms with Gasteiger partial charge in [0.15, 0.2) is 0 Å². The highest BCUT2D eigenvalue weighted by Gasteiger charge is 2.41. The van der Waals surface area contributed by atoms with E-state index in [1.807, 2.05) is 0 Å². The van der Waals surface area contributed by atoms with Crippen LogP contribution in [0.2, 0.25) is 5.02 Å². The fourth-order valence-corrected chi connectivity index (χ4v) is 2.92. The highest BCUT2D eigenvalue weighted by atomic mass is 35.5. The van der Waals surface area contributed by atoms with E-state index >= 15 is 0 Å². The Morgan fingerprint density at radius 1 is 1.37 bits per heavy atom. The van der Waals surface area contributed by atoms with E-state index in [1.54, 1.807) is 12.1 Å². The maximum atomic E-state index is 11.1. The summed E-state index contributed by atoms with van der Waals surface area (Å²) in [5.74, 6) is 0.609. The van der Waals surface area contributed by atoms with Crippen LogP contribution in [0.4, 0.5) is 11.4 Å². The molecule has 6 heteroatoms. The lowest BCUT2D eigenvalue weighted by molar-refractivity contribution is -0.383. The molecule has 1 heterocycles. The lowest BCUT2D eigenvalue weighted by Gasteiger charge is -2.20. The second-order valence-electron chi connectivity index (χ2n) is 5.11. The summed E-state index contributed by atoms with van der Waals surface area (Å²) in [7, 11) is 0. The molecule has 2 unspecified atom stereocenters. The molecule has 1 saturated carbocycles. The number of benzene rings is 1. The van der Waals surface area contributed by atoms with Gasteiger partial charge in [0.1, 0.15) is 10.7 Å². The molecule has 5 nitrogen and oxygen atoms in total. The van der Waals surface area contributed by atoms with Gasteiger partial charge in [0.25, 0.3) is 0 Å². The molecule has 1 aliphatic heterocycles. The lowest BCUT2D eigenvalue weighted by Crippen LogP contribution is -2.31. The molecule has 102 valence electrons. The molecule has 1 saturated heterocycles. The molecular weight excluding hydrogens is 268 g/mol. The quantitative estimate of drug-likeness (QED) is 0.680. The SMILES string of the molecule is O=[N+]([O-])c1c(Cl)cccc1NC1CCOC1C1CC1. The predicted molar refractivity (Wildman–Crippen MR) is 72.6 cm³/mol. The standard InChI is InChI=1S/C13H15ClN2O3/c14-9-2-1-3-10(12(9)16(17)18)15-11-6-7-19-13(11)8-4-5-8/h1-3,8,11,13,15H,4-7H2. The number of para-hydroxylation sites is 1.